The highest BCUT2D eigenvalue weighted by Gasteiger charge is 2.60. The van der Waals surface area contributed by atoms with Crippen LogP contribution in [-0.2, 0) is 9.53 Å². The Morgan fingerprint density at radius 2 is 1.90 bits per heavy atom. The highest BCUT2D eigenvalue weighted by atomic mass is 16.5. The fourth-order valence-corrected chi connectivity index (χ4v) is 7.06. The molecule has 4 fully saturated rings. The van der Waals surface area contributed by atoms with Crippen molar-refractivity contribution in [1.29, 1.82) is 0 Å². The molecule has 116 valence electrons. The SMILES string of the molecule is CC12CC3CC(C)(C1)CC(CC(=O)C1=CCCCO1)(C3)C2. The second-order valence-corrected chi connectivity index (χ2v) is 9.29. The molecule has 0 saturated heterocycles. The molecule has 0 spiro atoms. The molecule has 4 bridgehead atoms. The molecule has 2 unspecified atom stereocenters. The third-order valence-corrected chi connectivity index (χ3v) is 6.49. The van der Waals surface area contributed by atoms with E-state index in [9.17, 15) is 4.79 Å². The first-order valence-corrected chi connectivity index (χ1v) is 8.76. The fraction of sp³-hybridized carbons (Fsp3) is 0.842. The standard InChI is InChI=1S/C19H28O2/c1-17-7-14-8-18(2,11-17)13-19(9-14,12-17)10-15(20)16-5-3-4-6-21-16/h5,14H,3-4,6-13H2,1-2H3. The molecule has 1 heterocycles. The molecule has 2 nitrogen and oxygen atoms in total. The number of ether oxygens (including phenoxy) is 1. The van der Waals surface area contributed by atoms with Crippen LogP contribution in [0.5, 0.6) is 0 Å². The first kappa shape index (κ1) is 13.8. The van der Waals surface area contributed by atoms with Crippen LogP contribution < -0.4 is 0 Å². The zero-order valence-electron chi connectivity index (χ0n) is 13.5. The third kappa shape index (κ3) is 2.35. The predicted molar refractivity (Wildman–Crippen MR) is 82.7 cm³/mol. The lowest BCUT2D eigenvalue weighted by molar-refractivity contribution is -0.155. The lowest BCUT2D eigenvalue weighted by Crippen LogP contribution is -2.55. The van der Waals surface area contributed by atoms with Crippen LogP contribution >= 0.6 is 0 Å². The maximum Gasteiger partial charge on any atom is 0.197 e. The fourth-order valence-electron chi connectivity index (χ4n) is 7.06. The number of allylic oxidation sites excluding steroid dienone is 2. The summed E-state index contributed by atoms with van der Waals surface area (Å²) in [7, 11) is 0. The molecule has 0 aromatic carbocycles. The van der Waals surface area contributed by atoms with E-state index in [1.54, 1.807) is 0 Å². The van der Waals surface area contributed by atoms with Crippen molar-refractivity contribution < 1.29 is 9.53 Å². The minimum absolute atomic E-state index is 0.279. The summed E-state index contributed by atoms with van der Waals surface area (Å²) in [5.74, 6) is 1.82. The summed E-state index contributed by atoms with van der Waals surface area (Å²) < 4.78 is 5.62. The van der Waals surface area contributed by atoms with Crippen LogP contribution in [0.25, 0.3) is 0 Å². The molecule has 21 heavy (non-hydrogen) atoms. The van der Waals surface area contributed by atoms with E-state index in [0.29, 0.717) is 16.6 Å². The third-order valence-electron chi connectivity index (χ3n) is 6.49. The van der Waals surface area contributed by atoms with Gasteiger partial charge >= 0.3 is 0 Å². The molecule has 2 heteroatoms. The summed E-state index contributed by atoms with van der Waals surface area (Å²) in [5.41, 5.74) is 1.27. The molecule has 1 aliphatic heterocycles. The lowest BCUT2D eigenvalue weighted by Gasteiger charge is -2.65. The Morgan fingerprint density at radius 1 is 1.19 bits per heavy atom. The van der Waals surface area contributed by atoms with Gasteiger partial charge in [-0.05, 0) is 79.6 Å². The van der Waals surface area contributed by atoms with Gasteiger partial charge in [-0.25, -0.2) is 0 Å². The number of rotatable bonds is 3. The van der Waals surface area contributed by atoms with Crippen molar-refractivity contribution in [2.75, 3.05) is 6.61 Å². The first-order chi connectivity index (χ1) is 9.90. The summed E-state index contributed by atoms with van der Waals surface area (Å²) in [6.45, 7) is 5.68. The second kappa shape index (κ2) is 4.36. The highest BCUT2D eigenvalue weighted by Crippen LogP contribution is 2.70. The molecule has 2 atom stereocenters. The molecule has 4 aliphatic carbocycles. The van der Waals surface area contributed by atoms with Crippen LogP contribution in [0.2, 0.25) is 0 Å². The van der Waals surface area contributed by atoms with Gasteiger partial charge in [-0.3, -0.25) is 4.79 Å². The second-order valence-electron chi connectivity index (χ2n) is 9.29. The minimum atomic E-state index is 0.279. The summed E-state index contributed by atoms with van der Waals surface area (Å²) in [4.78, 5) is 12.7. The highest BCUT2D eigenvalue weighted by molar-refractivity contribution is 5.94. The summed E-state index contributed by atoms with van der Waals surface area (Å²) in [6, 6.07) is 0. The van der Waals surface area contributed by atoms with Crippen molar-refractivity contribution in [3.05, 3.63) is 11.8 Å². The molecule has 0 amide bonds. The van der Waals surface area contributed by atoms with Gasteiger partial charge in [-0.2, -0.15) is 0 Å². The van der Waals surface area contributed by atoms with E-state index in [4.69, 9.17) is 4.74 Å². The van der Waals surface area contributed by atoms with Crippen LogP contribution in [0.1, 0.15) is 71.6 Å². The molecule has 5 rings (SSSR count). The van der Waals surface area contributed by atoms with E-state index in [0.717, 1.165) is 31.8 Å². The Kier molecular flexibility index (Phi) is 2.88. The number of carbonyl (C=O) groups excluding carboxylic acids is 1. The molecule has 5 aliphatic rings. The van der Waals surface area contributed by atoms with Crippen LogP contribution in [0, 0.1) is 22.2 Å². The van der Waals surface area contributed by atoms with Gasteiger partial charge in [0.1, 0.15) is 0 Å². The Morgan fingerprint density at radius 3 is 2.48 bits per heavy atom. The zero-order chi connectivity index (χ0) is 14.7. The van der Waals surface area contributed by atoms with Crippen molar-refractivity contribution in [3.63, 3.8) is 0 Å². The Balaban J connectivity index is 1.57. The van der Waals surface area contributed by atoms with Gasteiger partial charge in [0.25, 0.3) is 0 Å². The molecular weight excluding hydrogens is 260 g/mol. The molecule has 0 aromatic rings. The first-order valence-electron chi connectivity index (χ1n) is 8.76. The molecule has 0 aromatic heterocycles. The van der Waals surface area contributed by atoms with Crippen molar-refractivity contribution in [1.82, 2.24) is 0 Å². The monoisotopic (exact) mass is 288 g/mol. The number of hydrogen-bond donors (Lipinski definition) is 0. The van der Waals surface area contributed by atoms with Crippen molar-refractivity contribution in [2.45, 2.75) is 71.6 Å². The van der Waals surface area contributed by atoms with Gasteiger partial charge in [-0.15, -0.1) is 0 Å². The smallest absolute Gasteiger partial charge is 0.197 e. The topological polar surface area (TPSA) is 26.3 Å². The average molecular weight is 288 g/mol. The maximum absolute atomic E-state index is 12.7. The van der Waals surface area contributed by atoms with Crippen LogP contribution in [0.3, 0.4) is 0 Å². The Bertz CT molecular complexity index is 486. The number of carbonyl (C=O) groups is 1. The van der Waals surface area contributed by atoms with E-state index in [-0.39, 0.29) is 11.2 Å². The minimum Gasteiger partial charge on any atom is -0.490 e. The largest absolute Gasteiger partial charge is 0.490 e. The van der Waals surface area contributed by atoms with Crippen LogP contribution in [0.15, 0.2) is 11.8 Å². The van der Waals surface area contributed by atoms with E-state index in [1.807, 2.05) is 6.08 Å². The van der Waals surface area contributed by atoms with Gasteiger partial charge in [0, 0.05) is 6.42 Å². The van der Waals surface area contributed by atoms with Crippen molar-refractivity contribution >= 4 is 5.78 Å². The molecule has 0 radical (unpaired) electrons. The summed E-state index contributed by atoms with van der Waals surface area (Å²) >= 11 is 0. The van der Waals surface area contributed by atoms with E-state index >= 15 is 0 Å². The maximum atomic E-state index is 12.7. The predicted octanol–water partition coefficient (Wildman–Crippen LogP) is 4.64. The molecule has 0 N–H and O–H groups in total. The van der Waals surface area contributed by atoms with Gasteiger partial charge in [-0.1, -0.05) is 13.8 Å². The molecular formula is C19H28O2. The quantitative estimate of drug-likeness (QED) is 0.756. The van der Waals surface area contributed by atoms with E-state index in [1.165, 1.54) is 38.5 Å². The van der Waals surface area contributed by atoms with Crippen LogP contribution in [0.4, 0.5) is 0 Å². The Labute approximate surface area is 128 Å². The van der Waals surface area contributed by atoms with Gasteiger partial charge in [0.05, 0.1) is 6.61 Å². The van der Waals surface area contributed by atoms with Gasteiger partial charge < -0.3 is 4.74 Å². The number of Topliss-reactive ketones (excluding diaryl/α,β-unsaturated/α-hetero) is 1. The number of ketones is 1. The number of hydrogen-bond acceptors (Lipinski definition) is 2. The van der Waals surface area contributed by atoms with E-state index < -0.39 is 0 Å². The summed E-state index contributed by atoms with van der Waals surface area (Å²) in [5, 5.41) is 0. The normalized spacial score (nSPS) is 47.9. The Hall–Kier alpha value is -0.790. The van der Waals surface area contributed by atoms with E-state index in [2.05, 4.69) is 13.8 Å². The lowest BCUT2D eigenvalue weighted by atomic mass is 9.39. The van der Waals surface area contributed by atoms with Gasteiger partial charge in [0.15, 0.2) is 11.5 Å². The van der Waals surface area contributed by atoms with Crippen LogP contribution in [-0.4, -0.2) is 12.4 Å². The zero-order valence-corrected chi connectivity index (χ0v) is 13.5. The van der Waals surface area contributed by atoms with Gasteiger partial charge in [0.2, 0.25) is 0 Å². The van der Waals surface area contributed by atoms with Crippen molar-refractivity contribution in [2.24, 2.45) is 22.2 Å². The summed E-state index contributed by atoms with van der Waals surface area (Å²) in [6.07, 6.45) is 12.8. The molecule has 4 saturated carbocycles. The van der Waals surface area contributed by atoms with Crippen molar-refractivity contribution in [3.8, 4) is 0 Å². The average Bonchev–Trinajstić information content (AvgIpc) is 2.34.